The summed E-state index contributed by atoms with van der Waals surface area (Å²) in [4.78, 5) is 13.4. The summed E-state index contributed by atoms with van der Waals surface area (Å²) >= 11 is 0. The molecule has 95 heavy (non-hydrogen) atoms. The Balaban J connectivity index is 1.55. The van der Waals surface area contributed by atoms with E-state index >= 15 is 0 Å². The van der Waals surface area contributed by atoms with Gasteiger partial charge in [0.1, 0.15) is 48.8 Å². The number of allylic oxidation sites excluding steroid dienone is 4. The highest BCUT2D eigenvalue weighted by Crippen LogP contribution is 2.31. The number of carbonyl (C=O) groups is 1. The number of hydrogen-bond donors (Lipinski definition) is 9. The van der Waals surface area contributed by atoms with E-state index < -0.39 is 86.8 Å². The number of rotatable bonds is 70. The first-order chi connectivity index (χ1) is 46.6. The van der Waals surface area contributed by atoms with Crippen molar-refractivity contribution in [3.05, 3.63) is 24.3 Å². The molecule has 0 bridgehead atoms. The number of hydrogen-bond acceptors (Lipinski definition) is 13. The van der Waals surface area contributed by atoms with Crippen LogP contribution in [0.5, 0.6) is 0 Å². The zero-order valence-electron chi connectivity index (χ0n) is 61.7. The Morgan fingerprint density at radius 1 is 0.379 bits per heavy atom. The molecule has 0 saturated carbocycles. The first-order valence-corrected chi connectivity index (χ1v) is 41.1. The normalized spacial score (nSPS) is 22.4. The summed E-state index contributed by atoms with van der Waals surface area (Å²) in [6.45, 7) is 2.92. The molecule has 0 radical (unpaired) electrons. The summed E-state index contributed by atoms with van der Waals surface area (Å²) in [5.74, 6) is -0.197. The van der Waals surface area contributed by atoms with Crippen LogP contribution in [-0.2, 0) is 23.7 Å². The van der Waals surface area contributed by atoms with E-state index in [1.165, 1.54) is 308 Å². The van der Waals surface area contributed by atoms with Crippen LogP contribution in [0.25, 0.3) is 0 Å². The third-order valence-electron chi connectivity index (χ3n) is 20.4. The fraction of sp³-hybridized carbons (Fsp3) is 0.938. The van der Waals surface area contributed by atoms with Gasteiger partial charge in [0.25, 0.3) is 0 Å². The van der Waals surface area contributed by atoms with E-state index in [0.717, 1.165) is 57.8 Å². The van der Waals surface area contributed by atoms with Gasteiger partial charge in [-0.2, -0.15) is 0 Å². The Kier molecular flexibility index (Phi) is 62.0. The average Bonchev–Trinajstić information content (AvgIpc) is 0.801. The molecule has 9 N–H and O–H groups in total. The number of unbranched alkanes of at least 4 members (excludes halogenated alkanes) is 53. The van der Waals surface area contributed by atoms with Crippen LogP contribution in [0.15, 0.2) is 24.3 Å². The highest BCUT2D eigenvalue weighted by molar-refractivity contribution is 5.76. The highest BCUT2D eigenvalue weighted by atomic mass is 16.7. The molecule has 2 fully saturated rings. The van der Waals surface area contributed by atoms with Gasteiger partial charge in [-0.3, -0.25) is 4.79 Å². The fourth-order valence-corrected chi connectivity index (χ4v) is 13.9. The maximum atomic E-state index is 13.4. The number of aliphatic hydroxyl groups excluding tert-OH is 8. The predicted molar refractivity (Wildman–Crippen MR) is 392 cm³/mol. The van der Waals surface area contributed by atoms with Crippen molar-refractivity contribution < 1.29 is 64.6 Å². The van der Waals surface area contributed by atoms with E-state index in [4.69, 9.17) is 18.9 Å². The van der Waals surface area contributed by atoms with Crippen LogP contribution >= 0.6 is 0 Å². The molecule has 0 spiro atoms. The molecule has 0 aromatic carbocycles. The summed E-state index contributed by atoms with van der Waals surface area (Å²) in [5, 5.41) is 87.8. The van der Waals surface area contributed by atoms with Gasteiger partial charge in [0.05, 0.1) is 32.0 Å². The molecule has 2 saturated heterocycles. The van der Waals surface area contributed by atoms with E-state index in [0.29, 0.717) is 12.8 Å². The number of ether oxygens (including phenoxy) is 4. The lowest BCUT2D eigenvalue weighted by atomic mass is 9.97. The van der Waals surface area contributed by atoms with Gasteiger partial charge in [-0.1, -0.05) is 366 Å². The Morgan fingerprint density at radius 3 is 1.05 bits per heavy atom. The number of aliphatic hydroxyl groups is 8. The molecule has 2 rings (SSSR count). The van der Waals surface area contributed by atoms with Crippen LogP contribution in [0, 0.1) is 0 Å². The summed E-state index contributed by atoms with van der Waals surface area (Å²) in [5.41, 5.74) is 0. The van der Waals surface area contributed by atoms with Gasteiger partial charge >= 0.3 is 0 Å². The second-order valence-electron chi connectivity index (χ2n) is 29.3. The molecule has 2 aliphatic heterocycles. The van der Waals surface area contributed by atoms with Crippen molar-refractivity contribution in [2.75, 3.05) is 19.8 Å². The third-order valence-corrected chi connectivity index (χ3v) is 20.4. The highest BCUT2D eigenvalue weighted by Gasteiger charge is 2.51. The molecule has 14 nitrogen and oxygen atoms in total. The first kappa shape index (κ1) is 89.6. The molecule has 2 heterocycles. The SMILES string of the molecule is CCCCCCC/C=C\C/C=C\CCCCCCCCCCCCCCCCCCCCCCCCCCCCCC(=O)NC(COC1OC(CO)C(OC2OC(CO)C(O)C(O)C2O)C(O)C1O)C(O)CCCCCCCCCCCCCCCCCCCCCCCC. The van der Waals surface area contributed by atoms with Crippen molar-refractivity contribution in [1.82, 2.24) is 5.32 Å². The standard InChI is InChI=1S/C81H155NO13/c1-3-5-7-9-11-13-15-17-19-21-23-25-27-28-29-30-31-32-33-34-35-36-37-38-39-40-41-42-43-45-47-49-51-53-55-57-59-61-63-65-73(86)82-69(68-92-80-78(91)76(89)79(72(67-84)94-80)95-81-77(90)75(88)74(87)71(66-83)93-81)70(85)64-62-60-58-56-54-52-50-48-46-44-26-24-22-20-18-16-14-12-10-8-6-4-2/h15,17,21,23,69-72,74-81,83-85,87-91H,3-14,16,18-20,22,24-68H2,1-2H3,(H,82,86)/b17-15-,23-21-. The minimum Gasteiger partial charge on any atom is -0.394 e. The first-order valence-electron chi connectivity index (χ1n) is 41.1. The Hall–Kier alpha value is -1.53. The van der Waals surface area contributed by atoms with Crippen molar-refractivity contribution in [1.29, 1.82) is 0 Å². The number of nitrogens with one attached hydrogen (secondary N) is 1. The quantitative estimate of drug-likeness (QED) is 0.0204. The number of carbonyl (C=O) groups excluding carboxylic acids is 1. The summed E-state index contributed by atoms with van der Waals surface area (Å²) < 4.78 is 23.0. The predicted octanol–water partition coefficient (Wildman–Crippen LogP) is 18.6. The van der Waals surface area contributed by atoms with Crippen molar-refractivity contribution in [3.63, 3.8) is 0 Å². The topological polar surface area (TPSA) is 228 Å². The van der Waals surface area contributed by atoms with Crippen LogP contribution in [0.2, 0.25) is 0 Å². The zero-order chi connectivity index (χ0) is 68.7. The van der Waals surface area contributed by atoms with Crippen LogP contribution < -0.4 is 5.32 Å². The molecule has 0 aliphatic carbocycles. The van der Waals surface area contributed by atoms with Gasteiger partial charge in [-0.05, 0) is 44.9 Å². The molecular weight excluding hydrogens is 1190 g/mol. The van der Waals surface area contributed by atoms with E-state index in [1.54, 1.807) is 0 Å². The summed E-state index contributed by atoms with van der Waals surface area (Å²) in [7, 11) is 0. The smallest absolute Gasteiger partial charge is 0.220 e. The Labute approximate surface area is 583 Å². The lowest BCUT2D eigenvalue weighted by Crippen LogP contribution is -2.65. The van der Waals surface area contributed by atoms with Crippen molar-refractivity contribution >= 4 is 5.91 Å². The average molecular weight is 1350 g/mol. The van der Waals surface area contributed by atoms with Gasteiger partial charge in [-0.15, -0.1) is 0 Å². The molecule has 0 aromatic rings. The molecule has 1 amide bonds. The second-order valence-corrected chi connectivity index (χ2v) is 29.3. The fourth-order valence-electron chi connectivity index (χ4n) is 13.9. The minimum atomic E-state index is -1.78. The van der Waals surface area contributed by atoms with Crippen molar-refractivity contribution in [2.45, 2.75) is 466 Å². The second kappa shape index (κ2) is 65.8. The maximum Gasteiger partial charge on any atom is 0.220 e. The summed E-state index contributed by atoms with van der Waals surface area (Å²) in [6, 6.07) is -0.827. The maximum absolute atomic E-state index is 13.4. The Bertz CT molecular complexity index is 1690. The van der Waals surface area contributed by atoms with Crippen LogP contribution in [0.4, 0.5) is 0 Å². The van der Waals surface area contributed by atoms with E-state index in [1.807, 2.05) is 0 Å². The van der Waals surface area contributed by atoms with Gasteiger partial charge in [0.15, 0.2) is 12.6 Å². The molecule has 12 unspecified atom stereocenters. The zero-order valence-corrected chi connectivity index (χ0v) is 61.7. The molecule has 14 heteroatoms. The van der Waals surface area contributed by atoms with Crippen molar-refractivity contribution in [2.24, 2.45) is 0 Å². The van der Waals surface area contributed by atoms with E-state index in [-0.39, 0.29) is 12.5 Å². The van der Waals surface area contributed by atoms with Crippen LogP contribution in [0.1, 0.15) is 393 Å². The van der Waals surface area contributed by atoms with Crippen LogP contribution in [0.3, 0.4) is 0 Å². The molecule has 2 aliphatic rings. The van der Waals surface area contributed by atoms with Gasteiger partial charge in [0, 0.05) is 6.42 Å². The van der Waals surface area contributed by atoms with Gasteiger partial charge in [0.2, 0.25) is 5.91 Å². The van der Waals surface area contributed by atoms with Gasteiger partial charge in [-0.25, -0.2) is 0 Å². The molecule has 562 valence electrons. The lowest BCUT2D eigenvalue weighted by Gasteiger charge is -2.46. The third kappa shape index (κ3) is 48.9. The molecular formula is C81H155NO13. The van der Waals surface area contributed by atoms with E-state index in [2.05, 4.69) is 43.5 Å². The monoisotopic (exact) mass is 1350 g/mol. The summed E-state index contributed by atoms with van der Waals surface area (Å²) in [6.07, 6.45) is 68.1. The minimum absolute atomic E-state index is 0.197. The lowest BCUT2D eigenvalue weighted by molar-refractivity contribution is -0.359. The number of amides is 1. The molecule has 0 aromatic heterocycles. The van der Waals surface area contributed by atoms with Crippen molar-refractivity contribution in [3.8, 4) is 0 Å². The Morgan fingerprint density at radius 2 is 0.695 bits per heavy atom. The molecule has 12 atom stereocenters. The van der Waals surface area contributed by atoms with Crippen LogP contribution in [-0.4, -0.2) is 140 Å². The van der Waals surface area contributed by atoms with E-state index in [9.17, 15) is 45.6 Å². The van der Waals surface area contributed by atoms with Gasteiger partial charge < -0.3 is 65.1 Å². The largest absolute Gasteiger partial charge is 0.394 e.